The van der Waals surface area contributed by atoms with Gasteiger partial charge in [-0.05, 0) is 43.6 Å². The molecule has 0 spiro atoms. The van der Waals surface area contributed by atoms with Crippen molar-refractivity contribution in [1.82, 2.24) is 5.43 Å². The van der Waals surface area contributed by atoms with Gasteiger partial charge in [0.2, 0.25) is 0 Å². The molecule has 4 saturated carbocycles. The van der Waals surface area contributed by atoms with E-state index in [-0.39, 0.29) is 29.8 Å². The fraction of sp³-hybridized carbons (Fsp3) is 0.550. The molecule has 1 aromatic carbocycles. The summed E-state index contributed by atoms with van der Waals surface area (Å²) in [5.41, 5.74) is 4.17. The van der Waals surface area contributed by atoms with Crippen LogP contribution in [-0.4, -0.2) is 24.9 Å². The van der Waals surface area contributed by atoms with Crippen LogP contribution in [0.2, 0.25) is 0 Å². The van der Waals surface area contributed by atoms with Crippen LogP contribution >= 0.6 is 0 Å². The Labute approximate surface area is 152 Å². The fourth-order valence-corrected chi connectivity index (χ4v) is 5.28. The van der Waals surface area contributed by atoms with Gasteiger partial charge in [0.15, 0.2) is 0 Å². The lowest BCUT2D eigenvalue weighted by atomic mass is 9.49. The molecule has 0 radical (unpaired) electrons. The maximum absolute atomic E-state index is 12.3. The van der Waals surface area contributed by atoms with Gasteiger partial charge in [0.25, 0.3) is 0 Å². The molecule has 0 aliphatic heterocycles. The molecule has 4 bridgehead atoms. The lowest BCUT2D eigenvalue weighted by Crippen LogP contribution is -2.55. The van der Waals surface area contributed by atoms with Gasteiger partial charge in [0.1, 0.15) is 6.61 Å². The number of nitrogens with zero attached hydrogens (tertiary/aromatic N) is 1. The SMILES string of the molecule is COC(=O)C12CC3CC(C1)C(=NNC(=O)OCc1ccccc1)C(C3)C2. The van der Waals surface area contributed by atoms with E-state index < -0.39 is 6.09 Å². The lowest BCUT2D eigenvalue weighted by Gasteiger charge is -2.55. The minimum atomic E-state index is -0.544. The summed E-state index contributed by atoms with van der Waals surface area (Å²) in [6.45, 7) is 0.220. The third-order valence-corrected chi connectivity index (χ3v) is 6.13. The number of methoxy groups -OCH3 is 1. The highest BCUT2D eigenvalue weighted by Gasteiger charge is 2.58. The molecule has 6 nitrogen and oxygen atoms in total. The number of hydrazone groups is 1. The first-order chi connectivity index (χ1) is 12.6. The Bertz CT molecular complexity index is 713. The second kappa shape index (κ2) is 6.74. The van der Waals surface area contributed by atoms with E-state index in [0.717, 1.165) is 43.4 Å². The van der Waals surface area contributed by atoms with Crippen LogP contribution in [-0.2, 0) is 20.9 Å². The van der Waals surface area contributed by atoms with Crippen LogP contribution < -0.4 is 5.43 Å². The molecule has 4 fully saturated rings. The van der Waals surface area contributed by atoms with Gasteiger partial charge >= 0.3 is 12.1 Å². The second-order valence-corrected chi connectivity index (χ2v) is 7.83. The summed E-state index contributed by atoms with van der Waals surface area (Å²) < 4.78 is 10.3. The molecule has 0 heterocycles. The predicted molar refractivity (Wildman–Crippen MR) is 95.2 cm³/mol. The molecule has 4 aliphatic carbocycles. The van der Waals surface area contributed by atoms with E-state index in [2.05, 4.69) is 10.5 Å². The molecule has 2 atom stereocenters. The van der Waals surface area contributed by atoms with Gasteiger partial charge in [0, 0.05) is 17.5 Å². The molecular weight excluding hydrogens is 332 g/mol. The summed E-state index contributed by atoms with van der Waals surface area (Å²) in [5, 5.41) is 4.39. The van der Waals surface area contributed by atoms with Crippen LogP contribution in [0.3, 0.4) is 0 Å². The minimum absolute atomic E-state index is 0.0776. The molecule has 4 aliphatic rings. The van der Waals surface area contributed by atoms with Crippen molar-refractivity contribution in [3.8, 4) is 0 Å². The van der Waals surface area contributed by atoms with E-state index in [4.69, 9.17) is 9.47 Å². The molecule has 26 heavy (non-hydrogen) atoms. The first kappa shape index (κ1) is 17.1. The highest BCUT2D eigenvalue weighted by atomic mass is 16.6. The highest BCUT2D eigenvalue weighted by molar-refractivity contribution is 5.94. The summed E-state index contributed by atoms with van der Waals surface area (Å²) in [6.07, 6.45) is 4.06. The Hall–Kier alpha value is -2.37. The predicted octanol–water partition coefficient (Wildman–Crippen LogP) is 3.27. The van der Waals surface area contributed by atoms with Gasteiger partial charge in [-0.3, -0.25) is 4.79 Å². The van der Waals surface area contributed by atoms with E-state index >= 15 is 0 Å². The number of nitrogens with one attached hydrogen (secondary N) is 1. The Balaban J connectivity index is 1.38. The van der Waals surface area contributed by atoms with E-state index in [9.17, 15) is 9.59 Å². The minimum Gasteiger partial charge on any atom is -0.469 e. The zero-order valence-corrected chi connectivity index (χ0v) is 14.9. The number of ether oxygens (including phenoxy) is 2. The Morgan fingerprint density at radius 2 is 1.85 bits per heavy atom. The number of hydrogen-bond acceptors (Lipinski definition) is 5. The van der Waals surface area contributed by atoms with Crippen LogP contribution in [0, 0.1) is 23.2 Å². The Kier molecular flexibility index (Phi) is 4.42. The van der Waals surface area contributed by atoms with Crippen molar-refractivity contribution >= 4 is 17.8 Å². The molecule has 0 saturated heterocycles. The standard InChI is InChI=1S/C20H24N2O4/c1-25-18(23)20-9-14-7-15(10-20)17(16(8-14)11-20)21-22-19(24)26-12-13-5-3-2-4-6-13/h2-6,14-16H,7-12H2,1H3,(H,22,24). The molecule has 0 aromatic heterocycles. The quantitative estimate of drug-likeness (QED) is 0.663. The van der Waals surface area contributed by atoms with Crippen LogP contribution in [0.4, 0.5) is 4.79 Å². The van der Waals surface area contributed by atoms with Gasteiger partial charge in [-0.25, -0.2) is 10.2 Å². The Morgan fingerprint density at radius 1 is 1.15 bits per heavy atom. The van der Waals surface area contributed by atoms with Gasteiger partial charge in [0.05, 0.1) is 12.5 Å². The second-order valence-electron chi connectivity index (χ2n) is 7.83. The maximum atomic E-state index is 12.3. The van der Waals surface area contributed by atoms with E-state index in [1.54, 1.807) is 0 Å². The molecular formula is C20H24N2O4. The summed E-state index contributed by atoms with van der Waals surface area (Å²) in [7, 11) is 1.47. The van der Waals surface area contributed by atoms with Crippen LogP contribution in [0.1, 0.15) is 37.7 Å². The third kappa shape index (κ3) is 3.08. The van der Waals surface area contributed by atoms with Crippen molar-refractivity contribution in [2.24, 2.45) is 28.3 Å². The first-order valence-electron chi connectivity index (χ1n) is 9.22. The zero-order chi connectivity index (χ0) is 18.1. The van der Waals surface area contributed by atoms with Crippen molar-refractivity contribution in [2.45, 2.75) is 38.7 Å². The lowest BCUT2D eigenvalue weighted by molar-refractivity contribution is -0.162. The molecule has 138 valence electrons. The van der Waals surface area contributed by atoms with Gasteiger partial charge in [-0.15, -0.1) is 0 Å². The number of benzene rings is 1. The molecule has 1 N–H and O–H groups in total. The number of esters is 1. The topological polar surface area (TPSA) is 77.0 Å². The number of carbonyl (C=O) groups excluding carboxylic acids is 2. The van der Waals surface area contributed by atoms with Crippen molar-refractivity contribution in [1.29, 1.82) is 0 Å². The number of hydrogen-bond donors (Lipinski definition) is 1. The third-order valence-electron chi connectivity index (χ3n) is 6.13. The monoisotopic (exact) mass is 356 g/mol. The van der Waals surface area contributed by atoms with Crippen LogP contribution in [0.5, 0.6) is 0 Å². The molecule has 2 unspecified atom stereocenters. The first-order valence-corrected chi connectivity index (χ1v) is 9.22. The maximum Gasteiger partial charge on any atom is 0.428 e. The molecule has 5 rings (SSSR count). The van der Waals surface area contributed by atoms with Gasteiger partial charge < -0.3 is 9.47 Å². The smallest absolute Gasteiger partial charge is 0.428 e. The van der Waals surface area contributed by atoms with Crippen molar-refractivity contribution in [3.63, 3.8) is 0 Å². The average molecular weight is 356 g/mol. The molecule has 1 aromatic rings. The number of carbonyl (C=O) groups is 2. The van der Waals surface area contributed by atoms with Crippen molar-refractivity contribution in [3.05, 3.63) is 35.9 Å². The van der Waals surface area contributed by atoms with E-state index in [1.165, 1.54) is 7.11 Å². The van der Waals surface area contributed by atoms with E-state index in [1.807, 2.05) is 30.3 Å². The largest absolute Gasteiger partial charge is 0.469 e. The number of rotatable bonds is 4. The normalized spacial score (nSPS) is 31.4. The van der Waals surface area contributed by atoms with Gasteiger partial charge in [-0.1, -0.05) is 30.3 Å². The summed E-state index contributed by atoms with van der Waals surface area (Å²) in [6, 6.07) is 9.54. The van der Waals surface area contributed by atoms with Crippen LogP contribution in [0.25, 0.3) is 0 Å². The summed E-state index contributed by atoms with van der Waals surface area (Å²) in [5.74, 6) is 1.01. The molecule has 6 heteroatoms. The summed E-state index contributed by atoms with van der Waals surface area (Å²) in [4.78, 5) is 24.3. The van der Waals surface area contributed by atoms with E-state index in [0.29, 0.717) is 5.92 Å². The van der Waals surface area contributed by atoms with Crippen molar-refractivity contribution in [2.75, 3.05) is 7.11 Å². The fourth-order valence-electron chi connectivity index (χ4n) is 5.28. The molecule has 1 amide bonds. The summed E-state index contributed by atoms with van der Waals surface area (Å²) >= 11 is 0. The van der Waals surface area contributed by atoms with Gasteiger partial charge in [-0.2, -0.15) is 5.10 Å². The van der Waals surface area contributed by atoms with Crippen LogP contribution in [0.15, 0.2) is 35.4 Å². The number of amides is 1. The average Bonchev–Trinajstić information content (AvgIpc) is 2.65. The zero-order valence-electron chi connectivity index (χ0n) is 14.9. The highest BCUT2D eigenvalue weighted by Crippen LogP contribution is 2.59. The van der Waals surface area contributed by atoms with Crippen molar-refractivity contribution < 1.29 is 19.1 Å². The Morgan fingerprint density at radius 3 is 2.50 bits per heavy atom.